The summed E-state index contributed by atoms with van der Waals surface area (Å²) >= 11 is 0. The Morgan fingerprint density at radius 2 is 2.30 bits per heavy atom. The molecule has 1 fully saturated rings. The molecule has 6 heteroatoms. The van der Waals surface area contributed by atoms with E-state index in [1.165, 1.54) is 0 Å². The molecule has 1 aromatic rings. The molecule has 2 N–H and O–H groups in total. The fourth-order valence-corrected chi connectivity index (χ4v) is 2.69. The van der Waals surface area contributed by atoms with Crippen LogP contribution < -0.4 is 5.32 Å². The van der Waals surface area contributed by atoms with Crippen LogP contribution in [0.2, 0.25) is 0 Å². The van der Waals surface area contributed by atoms with Crippen molar-refractivity contribution in [1.29, 1.82) is 0 Å². The first kappa shape index (κ1) is 17.5. The minimum absolute atomic E-state index is 0.0111. The van der Waals surface area contributed by atoms with Gasteiger partial charge in [-0.1, -0.05) is 13.8 Å². The van der Waals surface area contributed by atoms with Gasteiger partial charge in [0.15, 0.2) is 0 Å². The number of likely N-dealkylation sites (tertiary alicyclic amines) is 1. The van der Waals surface area contributed by atoms with Crippen LogP contribution in [-0.4, -0.2) is 41.5 Å². The molecule has 0 saturated carbocycles. The molecule has 0 aliphatic carbocycles. The summed E-state index contributed by atoms with van der Waals surface area (Å²) in [5.41, 5.74) is -0.117. The third-order valence-electron chi connectivity index (χ3n) is 4.27. The summed E-state index contributed by atoms with van der Waals surface area (Å²) in [5, 5.41) is 12.1. The van der Waals surface area contributed by atoms with Gasteiger partial charge in [0.2, 0.25) is 11.8 Å². The van der Waals surface area contributed by atoms with Gasteiger partial charge in [0, 0.05) is 26.1 Å². The van der Waals surface area contributed by atoms with E-state index in [-0.39, 0.29) is 36.2 Å². The molecule has 1 saturated heterocycles. The maximum atomic E-state index is 12.2. The Kier molecular flexibility index (Phi) is 5.82. The predicted molar refractivity (Wildman–Crippen MR) is 85.3 cm³/mol. The summed E-state index contributed by atoms with van der Waals surface area (Å²) in [6.07, 6.45) is 3.50. The highest BCUT2D eigenvalue weighted by atomic mass is 16.3. The lowest BCUT2D eigenvalue weighted by atomic mass is 9.89. The highest BCUT2D eigenvalue weighted by Gasteiger charge is 2.34. The van der Waals surface area contributed by atoms with Gasteiger partial charge in [-0.05, 0) is 30.4 Å². The Morgan fingerprint density at radius 3 is 2.96 bits per heavy atom. The minimum atomic E-state index is -0.289. The summed E-state index contributed by atoms with van der Waals surface area (Å²) in [5.74, 6) is 0.360. The molecule has 1 atom stereocenters. The number of nitrogens with zero attached hydrogens (tertiary/aromatic N) is 1. The monoisotopic (exact) mass is 322 g/mol. The number of hydrogen-bond donors (Lipinski definition) is 2. The molecule has 23 heavy (non-hydrogen) atoms. The quantitative estimate of drug-likeness (QED) is 0.711. The average Bonchev–Trinajstić information content (AvgIpc) is 3.14. The van der Waals surface area contributed by atoms with E-state index in [0.717, 1.165) is 18.6 Å². The van der Waals surface area contributed by atoms with E-state index in [2.05, 4.69) is 5.32 Å². The molecule has 2 amide bonds. The Balaban J connectivity index is 1.72. The van der Waals surface area contributed by atoms with Gasteiger partial charge in [-0.3, -0.25) is 9.59 Å². The van der Waals surface area contributed by atoms with Gasteiger partial charge in [0.1, 0.15) is 5.76 Å². The third kappa shape index (κ3) is 5.10. The number of rotatable bonds is 8. The number of nitrogens with one attached hydrogen (secondary N) is 1. The van der Waals surface area contributed by atoms with Gasteiger partial charge in [-0.2, -0.15) is 0 Å². The number of carbonyl (C=O) groups is 2. The molecular weight excluding hydrogens is 296 g/mol. The smallest absolute Gasteiger partial charge is 0.225 e. The summed E-state index contributed by atoms with van der Waals surface area (Å²) in [7, 11) is 0. The van der Waals surface area contributed by atoms with Crippen molar-refractivity contribution in [3.63, 3.8) is 0 Å². The van der Waals surface area contributed by atoms with Crippen LogP contribution in [0.5, 0.6) is 0 Å². The molecule has 6 nitrogen and oxygen atoms in total. The van der Waals surface area contributed by atoms with Crippen molar-refractivity contribution in [3.8, 4) is 0 Å². The zero-order valence-corrected chi connectivity index (χ0v) is 13.9. The molecule has 2 rings (SSSR count). The molecule has 128 valence electrons. The van der Waals surface area contributed by atoms with Crippen LogP contribution in [0.25, 0.3) is 0 Å². The van der Waals surface area contributed by atoms with Crippen LogP contribution in [0.4, 0.5) is 0 Å². The SMILES string of the molecule is CC(C)(CO)CCCNC(=O)C1CC(=O)N(Cc2ccco2)C1. The van der Waals surface area contributed by atoms with Gasteiger partial charge in [-0.25, -0.2) is 0 Å². The van der Waals surface area contributed by atoms with Gasteiger partial charge in [0.05, 0.1) is 18.7 Å². The van der Waals surface area contributed by atoms with E-state index in [1.54, 1.807) is 17.2 Å². The molecule has 2 heterocycles. The van der Waals surface area contributed by atoms with Gasteiger partial charge in [-0.15, -0.1) is 0 Å². The Labute approximate surface area is 136 Å². The number of furan rings is 1. The normalized spacial score (nSPS) is 18.5. The van der Waals surface area contributed by atoms with Gasteiger partial charge in [0.25, 0.3) is 0 Å². The average molecular weight is 322 g/mol. The molecule has 1 unspecified atom stereocenters. The van der Waals surface area contributed by atoms with E-state index in [4.69, 9.17) is 4.42 Å². The topological polar surface area (TPSA) is 82.8 Å². The van der Waals surface area contributed by atoms with Gasteiger partial charge < -0.3 is 19.7 Å². The van der Waals surface area contributed by atoms with E-state index < -0.39 is 0 Å². The van der Waals surface area contributed by atoms with Crippen LogP contribution in [0.15, 0.2) is 22.8 Å². The molecule has 0 aromatic carbocycles. The van der Waals surface area contributed by atoms with E-state index in [9.17, 15) is 14.7 Å². The molecule has 0 radical (unpaired) electrons. The highest BCUT2D eigenvalue weighted by molar-refractivity contribution is 5.89. The fourth-order valence-electron chi connectivity index (χ4n) is 2.69. The van der Waals surface area contributed by atoms with Crippen LogP contribution >= 0.6 is 0 Å². The number of amides is 2. The van der Waals surface area contributed by atoms with Crippen molar-refractivity contribution in [2.24, 2.45) is 11.3 Å². The summed E-state index contributed by atoms with van der Waals surface area (Å²) in [6, 6.07) is 3.61. The van der Waals surface area contributed by atoms with Crippen molar-refractivity contribution in [3.05, 3.63) is 24.2 Å². The minimum Gasteiger partial charge on any atom is -0.467 e. The Hall–Kier alpha value is -1.82. The first-order valence-electron chi connectivity index (χ1n) is 8.10. The first-order chi connectivity index (χ1) is 10.9. The maximum Gasteiger partial charge on any atom is 0.225 e. The lowest BCUT2D eigenvalue weighted by Crippen LogP contribution is -2.33. The van der Waals surface area contributed by atoms with Crippen molar-refractivity contribution in [2.75, 3.05) is 19.7 Å². The fraction of sp³-hybridized carbons (Fsp3) is 0.647. The third-order valence-corrected chi connectivity index (χ3v) is 4.27. The largest absolute Gasteiger partial charge is 0.467 e. The van der Waals surface area contributed by atoms with E-state index >= 15 is 0 Å². The Bertz CT molecular complexity index is 525. The van der Waals surface area contributed by atoms with Crippen LogP contribution in [0.1, 0.15) is 38.9 Å². The number of carbonyl (C=O) groups excluding carboxylic acids is 2. The van der Waals surface area contributed by atoms with Crippen molar-refractivity contribution >= 4 is 11.8 Å². The molecule has 0 bridgehead atoms. The van der Waals surface area contributed by atoms with E-state index in [0.29, 0.717) is 19.6 Å². The molecule has 1 aliphatic rings. The number of hydrogen-bond acceptors (Lipinski definition) is 4. The lowest BCUT2D eigenvalue weighted by molar-refractivity contribution is -0.129. The molecule has 1 aromatic heterocycles. The van der Waals surface area contributed by atoms with Gasteiger partial charge >= 0.3 is 0 Å². The second-order valence-corrected chi connectivity index (χ2v) is 6.97. The van der Waals surface area contributed by atoms with Crippen molar-refractivity contribution < 1.29 is 19.1 Å². The standard InChI is InChI=1S/C17H26N2O4/c1-17(2,12-20)6-4-7-18-16(22)13-9-15(21)19(10-13)11-14-5-3-8-23-14/h3,5,8,13,20H,4,6-7,9-12H2,1-2H3,(H,18,22). The number of aliphatic hydroxyl groups is 1. The lowest BCUT2D eigenvalue weighted by Gasteiger charge is -2.21. The molecule has 0 spiro atoms. The van der Waals surface area contributed by atoms with Crippen LogP contribution in [0, 0.1) is 11.3 Å². The zero-order valence-electron chi connectivity index (χ0n) is 13.9. The Morgan fingerprint density at radius 1 is 1.52 bits per heavy atom. The summed E-state index contributed by atoms with van der Waals surface area (Å²) < 4.78 is 5.25. The summed E-state index contributed by atoms with van der Waals surface area (Å²) in [4.78, 5) is 25.8. The molecular formula is C17H26N2O4. The van der Waals surface area contributed by atoms with Crippen molar-refractivity contribution in [2.45, 2.75) is 39.7 Å². The predicted octanol–water partition coefficient (Wildman–Crippen LogP) is 1.54. The van der Waals surface area contributed by atoms with Crippen LogP contribution in [-0.2, 0) is 16.1 Å². The molecule has 1 aliphatic heterocycles. The van der Waals surface area contributed by atoms with E-state index in [1.807, 2.05) is 19.9 Å². The first-order valence-corrected chi connectivity index (χ1v) is 8.10. The highest BCUT2D eigenvalue weighted by Crippen LogP contribution is 2.22. The zero-order chi connectivity index (χ0) is 16.9. The summed E-state index contributed by atoms with van der Waals surface area (Å²) in [6.45, 7) is 5.56. The second-order valence-electron chi connectivity index (χ2n) is 6.97. The van der Waals surface area contributed by atoms with Crippen LogP contribution in [0.3, 0.4) is 0 Å². The second kappa shape index (κ2) is 7.64. The van der Waals surface area contributed by atoms with Crippen molar-refractivity contribution in [1.82, 2.24) is 10.2 Å². The maximum absolute atomic E-state index is 12.2. The number of aliphatic hydroxyl groups excluding tert-OH is 1.